The maximum Gasteiger partial charge on any atom is 0.137 e. The highest BCUT2D eigenvalue weighted by Gasteiger charge is 2.70. The Kier molecular flexibility index (Phi) is 2.10. The molecule has 16 heavy (non-hydrogen) atoms. The molecule has 0 aromatic rings. The Morgan fingerprint density at radius 2 is 1.75 bits per heavy atom. The van der Waals surface area contributed by atoms with E-state index >= 15 is 0 Å². The van der Waals surface area contributed by atoms with Crippen LogP contribution in [-0.2, 0) is 4.79 Å². The molecule has 3 aliphatic rings. The first-order valence-electron chi connectivity index (χ1n) is 7.01. The van der Waals surface area contributed by atoms with E-state index in [1.165, 1.54) is 32.1 Å². The van der Waals surface area contributed by atoms with Crippen LogP contribution in [0.4, 0.5) is 0 Å². The lowest BCUT2D eigenvalue weighted by molar-refractivity contribution is -0.159. The van der Waals surface area contributed by atoms with Crippen LogP contribution in [0.5, 0.6) is 0 Å². The van der Waals surface area contributed by atoms with Crippen molar-refractivity contribution in [1.82, 2.24) is 0 Å². The zero-order valence-corrected chi connectivity index (χ0v) is 10.9. The SMILES string of the molecule is CC1(C)CC(=O)C2C3CCCCCC3C21C. The van der Waals surface area contributed by atoms with Crippen molar-refractivity contribution in [3.8, 4) is 0 Å². The minimum atomic E-state index is 0.250. The van der Waals surface area contributed by atoms with E-state index in [1.807, 2.05) is 0 Å². The third-order valence-electron chi connectivity index (χ3n) is 6.34. The summed E-state index contributed by atoms with van der Waals surface area (Å²) in [4.78, 5) is 12.2. The monoisotopic (exact) mass is 220 g/mol. The number of rotatable bonds is 0. The van der Waals surface area contributed by atoms with Crippen LogP contribution in [-0.4, -0.2) is 5.78 Å². The van der Waals surface area contributed by atoms with Crippen molar-refractivity contribution >= 4 is 5.78 Å². The highest BCUT2D eigenvalue weighted by atomic mass is 16.1. The predicted molar refractivity (Wildman–Crippen MR) is 65.1 cm³/mol. The van der Waals surface area contributed by atoms with Gasteiger partial charge in [0, 0.05) is 12.3 Å². The zero-order chi connectivity index (χ0) is 11.6. The van der Waals surface area contributed by atoms with Gasteiger partial charge in [0.1, 0.15) is 5.78 Å². The first-order chi connectivity index (χ1) is 7.48. The molecule has 3 saturated carbocycles. The third kappa shape index (κ3) is 1.05. The highest BCUT2D eigenvalue weighted by Crippen LogP contribution is 2.72. The Balaban J connectivity index is 1.97. The summed E-state index contributed by atoms with van der Waals surface area (Å²) in [6.07, 6.45) is 7.70. The second-order valence-electron chi connectivity index (χ2n) is 7.20. The molecular formula is C15H24O. The Bertz CT molecular complexity index is 330. The van der Waals surface area contributed by atoms with Crippen LogP contribution >= 0.6 is 0 Å². The summed E-state index contributed by atoms with van der Waals surface area (Å²) >= 11 is 0. The summed E-state index contributed by atoms with van der Waals surface area (Å²) in [5, 5.41) is 0. The molecule has 0 N–H and O–H groups in total. The van der Waals surface area contributed by atoms with Crippen LogP contribution in [0.2, 0.25) is 0 Å². The lowest BCUT2D eigenvalue weighted by atomic mass is 9.42. The van der Waals surface area contributed by atoms with Gasteiger partial charge in [-0.15, -0.1) is 0 Å². The van der Waals surface area contributed by atoms with Crippen LogP contribution in [0.1, 0.15) is 59.3 Å². The van der Waals surface area contributed by atoms with E-state index in [9.17, 15) is 4.79 Å². The lowest BCUT2D eigenvalue weighted by Gasteiger charge is -2.61. The van der Waals surface area contributed by atoms with Crippen molar-refractivity contribution in [1.29, 1.82) is 0 Å². The molecule has 0 radical (unpaired) electrons. The van der Waals surface area contributed by atoms with Crippen molar-refractivity contribution in [2.24, 2.45) is 28.6 Å². The fourth-order valence-corrected chi connectivity index (χ4v) is 5.27. The van der Waals surface area contributed by atoms with Crippen LogP contribution in [0.15, 0.2) is 0 Å². The molecule has 0 aliphatic heterocycles. The summed E-state index contributed by atoms with van der Waals surface area (Å²) in [5.41, 5.74) is 0.583. The van der Waals surface area contributed by atoms with Crippen LogP contribution in [0, 0.1) is 28.6 Å². The standard InChI is InChI=1S/C15H24O/c1-14(2)9-12(16)13-10-7-5-4-6-8-11(10)15(13,14)3/h10-11,13H,4-9H2,1-3H3. The Morgan fingerprint density at radius 3 is 2.50 bits per heavy atom. The lowest BCUT2D eigenvalue weighted by Crippen LogP contribution is -2.58. The minimum Gasteiger partial charge on any atom is -0.299 e. The van der Waals surface area contributed by atoms with Crippen LogP contribution < -0.4 is 0 Å². The van der Waals surface area contributed by atoms with E-state index in [0.29, 0.717) is 17.1 Å². The average Bonchev–Trinajstić information content (AvgIpc) is 2.36. The molecule has 4 atom stereocenters. The normalized spacial score (nSPS) is 50.2. The molecule has 3 aliphatic carbocycles. The Labute approximate surface area is 99.0 Å². The number of hydrogen-bond donors (Lipinski definition) is 0. The van der Waals surface area contributed by atoms with Gasteiger partial charge in [0.05, 0.1) is 0 Å². The summed E-state index contributed by atoms with van der Waals surface area (Å²) in [7, 11) is 0. The van der Waals surface area contributed by atoms with E-state index < -0.39 is 0 Å². The molecule has 1 nitrogen and oxygen atoms in total. The average molecular weight is 220 g/mol. The van der Waals surface area contributed by atoms with E-state index in [4.69, 9.17) is 0 Å². The summed E-state index contributed by atoms with van der Waals surface area (Å²) in [6, 6.07) is 0. The van der Waals surface area contributed by atoms with E-state index in [1.54, 1.807) is 0 Å². The number of carbonyl (C=O) groups excluding carboxylic acids is 1. The largest absolute Gasteiger partial charge is 0.299 e. The molecule has 0 spiro atoms. The van der Waals surface area contributed by atoms with Gasteiger partial charge < -0.3 is 0 Å². The maximum atomic E-state index is 12.2. The van der Waals surface area contributed by atoms with Gasteiger partial charge in [-0.1, -0.05) is 40.0 Å². The van der Waals surface area contributed by atoms with Gasteiger partial charge in [-0.05, 0) is 35.5 Å². The molecule has 0 heterocycles. The Morgan fingerprint density at radius 1 is 1.06 bits per heavy atom. The van der Waals surface area contributed by atoms with Crippen molar-refractivity contribution in [2.45, 2.75) is 59.3 Å². The second kappa shape index (κ2) is 3.11. The number of hydrogen-bond acceptors (Lipinski definition) is 1. The Hall–Kier alpha value is -0.330. The summed E-state index contributed by atoms with van der Waals surface area (Å²) < 4.78 is 0. The second-order valence-corrected chi connectivity index (χ2v) is 7.20. The number of fused-ring (bicyclic) bond motifs is 4. The van der Waals surface area contributed by atoms with Crippen LogP contribution in [0.3, 0.4) is 0 Å². The van der Waals surface area contributed by atoms with Gasteiger partial charge in [0.15, 0.2) is 0 Å². The molecular weight excluding hydrogens is 196 g/mol. The van der Waals surface area contributed by atoms with Crippen molar-refractivity contribution < 1.29 is 4.79 Å². The number of Topliss-reactive ketones (excluding diaryl/α,β-unsaturated/α-hetero) is 1. The number of carbonyl (C=O) groups is 1. The predicted octanol–water partition coefficient (Wildman–Crippen LogP) is 3.82. The maximum absolute atomic E-state index is 12.2. The van der Waals surface area contributed by atoms with Crippen molar-refractivity contribution in [3.05, 3.63) is 0 Å². The fraction of sp³-hybridized carbons (Fsp3) is 0.933. The third-order valence-corrected chi connectivity index (χ3v) is 6.34. The van der Waals surface area contributed by atoms with E-state index in [2.05, 4.69) is 20.8 Å². The smallest absolute Gasteiger partial charge is 0.137 e. The summed E-state index contributed by atoms with van der Waals surface area (Å²) in [5.74, 6) is 2.60. The number of ketones is 1. The van der Waals surface area contributed by atoms with Gasteiger partial charge in [-0.2, -0.15) is 0 Å². The molecule has 0 bridgehead atoms. The van der Waals surface area contributed by atoms with Gasteiger partial charge in [0.25, 0.3) is 0 Å². The van der Waals surface area contributed by atoms with Crippen molar-refractivity contribution in [2.75, 3.05) is 0 Å². The topological polar surface area (TPSA) is 17.1 Å². The first-order valence-corrected chi connectivity index (χ1v) is 7.01. The molecule has 0 aromatic carbocycles. The molecule has 90 valence electrons. The van der Waals surface area contributed by atoms with Crippen LogP contribution in [0.25, 0.3) is 0 Å². The molecule has 0 aromatic heterocycles. The van der Waals surface area contributed by atoms with Crippen molar-refractivity contribution in [3.63, 3.8) is 0 Å². The minimum absolute atomic E-state index is 0.250. The van der Waals surface area contributed by atoms with Gasteiger partial charge in [-0.3, -0.25) is 4.79 Å². The molecule has 0 saturated heterocycles. The highest BCUT2D eigenvalue weighted by molar-refractivity contribution is 5.87. The van der Waals surface area contributed by atoms with Gasteiger partial charge in [0.2, 0.25) is 0 Å². The van der Waals surface area contributed by atoms with Gasteiger partial charge >= 0.3 is 0 Å². The molecule has 4 unspecified atom stereocenters. The first kappa shape index (κ1) is 10.8. The zero-order valence-electron chi connectivity index (χ0n) is 10.9. The van der Waals surface area contributed by atoms with E-state index in [-0.39, 0.29) is 5.41 Å². The van der Waals surface area contributed by atoms with Gasteiger partial charge in [-0.25, -0.2) is 0 Å². The quantitative estimate of drug-likeness (QED) is 0.606. The molecule has 3 fully saturated rings. The molecule has 0 amide bonds. The summed E-state index contributed by atoms with van der Waals surface area (Å²) in [6.45, 7) is 7.06. The van der Waals surface area contributed by atoms with E-state index in [0.717, 1.165) is 18.3 Å². The molecule has 1 heteroatoms. The fourth-order valence-electron chi connectivity index (χ4n) is 5.27. The molecule has 3 rings (SSSR count).